The number of aryl methyl sites for hydroxylation is 2. The maximum atomic E-state index is 12.9. The molecule has 0 atom stereocenters. The summed E-state index contributed by atoms with van der Waals surface area (Å²) in [6.07, 6.45) is 0. The third-order valence-corrected chi connectivity index (χ3v) is 4.79. The molecule has 0 bridgehead atoms. The predicted molar refractivity (Wildman–Crippen MR) is 110 cm³/mol. The van der Waals surface area contributed by atoms with Gasteiger partial charge >= 0.3 is 5.69 Å². The highest BCUT2D eigenvalue weighted by Crippen LogP contribution is 2.19. The minimum Gasteiger partial charge on any atom is -0.383 e. The number of aromatic nitrogens is 2. The summed E-state index contributed by atoms with van der Waals surface area (Å²) < 4.78 is 1.25. The van der Waals surface area contributed by atoms with Gasteiger partial charge < -0.3 is 10.6 Å². The normalized spacial score (nSPS) is 10.7. The van der Waals surface area contributed by atoms with E-state index in [0.29, 0.717) is 5.56 Å². The summed E-state index contributed by atoms with van der Waals surface area (Å²) in [4.78, 5) is 41.0. The molecule has 3 N–H and O–H groups in total. The molecule has 0 saturated carbocycles. The van der Waals surface area contributed by atoms with Crippen LogP contribution in [-0.4, -0.2) is 22.5 Å². The van der Waals surface area contributed by atoms with Crippen molar-refractivity contribution in [3.8, 4) is 0 Å². The van der Waals surface area contributed by atoms with Gasteiger partial charge in [0, 0.05) is 12.6 Å². The zero-order valence-corrected chi connectivity index (χ0v) is 16.0. The van der Waals surface area contributed by atoms with Crippen LogP contribution in [0, 0.1) is 13.8 Å². The van der Waals surface area contributed by atoms with Crippen LogP contribution in [0.15, 0.2) is 58.1 Å². The van der Waals surface area contributed by atoms with E-state index in [1.807, 2.05) is 50.2 Å². The lowest BCUT2D eigenvalue weighted by Gasteiger charge is -2.21. The van der Waals surface area contributed by atoms with Crippen molar-refractivity contribution in [1.29, 1.82) is 0 Å². The van der Waals surface area contributed by atoms with Crippen molar-refractivity contribution in [2.45, 2.75) is 20.4 Å². The van der Waals surface area contributed by atoms with Crippen molar-refractivity contribution >= 4 is 17.4 Å². The Kier molecular flexibility index (Phi) is 5.17. The third-order valence-electron chi connectivity index (χ3n) is 4.79. The molecular formula is C21H22N4O3. The summed E-state index contributed by atoms with van der Waals surface area (Å²) >= 11 is 0. The van der Waals surface area contributed by atoms with Crippen molar-refractivity contribution in [1.82, 2.24) is 9.55 Å². The van der Waals surface area contributed by atoms with Gasteiger partial charge in [-0.25, -0.2) is 4.79 Å². The highest BCUT2D eigenvalue weighted by Gasteiger charge is 2.22. The smallest absolute Gasteiger partial charge is 0.330 e. The Bertz CT molecular complexity index is 1150. The highest BCUT2D eigenvalue weighted by molar-refractivity contribution is 6.07. The van der Waals surface area contributed by atoms with Crippen molar-refractivity contribution in [3.63, 3.8) is 0 Å². The number of anilines is 2. The van der Waals surface area contributed by atoms with E-state index in [1.165, 1.54) is 16.5 Å². The van der Waals surface area contributed by atoms with Gasteiger partial charge in [-0.15, -0.1) is 0 Å². The van der Waals surface area contributed by atoms with Gasteiger partial charge in [0.05, 0.1) is 6.54 Å². The number of hydrogen-bond acceptors (Lipinski definition) is 4. The number of nitrogen functional groups attached to an aromatic ring is 1. The van der Waals surface area contributed by atoms with E-state index in [2.05, 4.69) is 4.98 Å². The van der Waals surface area contributed by atoms with Gasteiger partial charge in [0.2, 0.25) is 0 Å². The number of carbonyl (C=O) groups excluding carboxylic acids is 1. The van der Waals surface area contributed by atoms with E-state index in [0.717, 1.165) is 16.7 Å². The van der Waals surface area contributed by atoms with E-state index in [9.17, 15) is 14.4 Å². The average Bonchev–Trinajstić information content (AvgIpc) is 2.67. The van der Waals surface area contributed by atoms with Gasteiger partial charge in [0.1, 0.15) is 5.82 Å². The molecule has 0 fully saturated rings. The number of nitrogens with zero attached hydrogens (tertiary/aromatic N) is 2. The van der Waals surface area contributed by atoms with Gasteiger partial charge in [-0.3, -0.25) is 19.1 Å². The van der Waals surface area contributed by atoms with E-state index in [4.69, 9.17) is 5.73 Å². The molecule has 0 aliphatic carbocycles. The van der Waals surface area contributed by atoms with E-state index >= 15 is 0 Å². The lowest BCUT2D eigenvalue weighted by atomic mass is 10.1. The van der Waals surface area contributed by atoms with Crippen LogP contribution in [0.5, 0.6) is 0 Å². The van der Waals surface area contributed by atoms with Gasteiger partial charge in [-0.2, -0.15) is 0 Å². The first kappa shape index (κ1) is 19.2. The van der Waals surface area contributed by atoms with Gasteiger partial charge in [-0.05, 0) is 42.7 Å². The topological polar surface area (TPSA) is 101 Å². The molecule has 1 heterocycles. The molecule has 0 spiro atoms. The first-order chi connectivity index (χ1) is 13.3. The SMILES string of the molecule is Cc1ccc(C(=O)N(C)c2c(N)n(Cc3ccccc3)c(=O)[nH]c2=O)cc1C. The Hall–Kier alpha value is -3.61. The molecule has 7 heteroatoms. The standard InChI is InChI=1S/C21H22N4O3/c1-13-9-10-16(11-14(13)2)20(27)24(3)17-18(22)25(21(28)23-19(17)26)12-15-7-5-4-6-8-15/h4-11H,12,22H2,1-3H3,(H,23,26,28). The summed E-state index contributed by atoms with van der Waals surface area (Å²) in [6.45, 7) is 4.05. The molecule has 2 aromatic carbocycles. The summed E-state index contributed by atoms with van der Waals surface area (Å²) in [5.41, 5.74) is 8.08. The summed E-state index contributed by atoms with van der Waals surface area (Å²) in [7, 11) is 1.47. The molecule has 28 heavy (non-hydrogen) atoms. The fourth-order valence-corrected chi connectivity index (χ4v) is 2.99. The fraction of sp³-hybridized carbons (Fsp3) is 0.190. The number of carbonyl (C=O) groups is 1. The largest absolute Gasteiger partial charge is 0.383 e. The average molecular weight is 378 g/mol. The fourth-order valence-electron chi connectivity index (χ4n) is 2.99. The van der Waals surface area contributed by atoms with Crippen LogP contribution in [-0.2, 0) is 6.54 Å². The van der Waals surface area contributed by atoms with Crippen LogP contribution in [0.1, 0.15) is 27.0 Å². The number of H-pyrrole nitrogens is 1. The Morgan fingerprint density at radius 1 is 1.07 bits per heavy atom. The number of rotatable bonds is 4. The van der Waals surface area contributed by atoms with Crippen LogP contribution in [0.3, 0.4) is 0 Å². The quantitative estimate of drug-likeness (QED) is 0.725. The number of aromatic amines is 1. The van der Waals surface area contributed by atoms with Crippen molar-refractivity contribution in [2.75, 3.05) is 17.7 Å². The lowest BCUT2D eigenvalue weighted by molar-refractivity contribution is 0.0992. The Balaban J connectivity index is 2.04. The minimum atomic E-state index is -0.702. The molecule has 0 radical (unpaired) electrons. The third kappa shape index (κ3) is 3.59. The zero-order chi connectivity index (χ0) is 20.4. The molecule has 0 aliphatic heterocycles. The Labute approximate surface area is 162 Å². The molecule has 0 unspecified atom stereocenters. The van der Waals surface area contributed by atoms with Gasteiger partial charge in [-0.1, -0.05) is 36.4 Å². The van der Waals surface area contributed by atoms with Crippen LogP contribution >= 0.6 is 0 Å². The summed E-state index contributed by atoms with van der Waals surface area (Å²) in [5, 5.41) is 0. The maximum Gasteiger partial charge on any atom is 0.330 e. The molecule has 1 aromatic heterocycles. The molecule has 3 rings (SSSR count). The second-order valence-electron chi connectivity index (χ2n) is 6.73. The van der Waals surface area contributed by atoms with Gasteiger partial charge in [0.15, 0.2) is 5.69 Å². The Morgan fingerprint density at radius 2 is 1.75 bits per heavy atom. The monoisotopic (exact) mass is 378 g/mol. The first-order valence-corrected chi connectivity index (χ1v) is 8.81. The van der Waals surface area contributed by atoms with Crippen molar-refractivity contribution < 1.29 is 4.79 Å². The molecule has 0 saturated heterocycles. The van der Waals surface area contributed by atoms with E-state index in [1.54, 1.807) is 12.1 Å². The zero-order valence-electron chi connectivity index (χ0n) is 16.0. The lowest BCUT2D eigenvalue weighted by Crippen LogP contribution is -2.39. The number of amides is 1. The summed E-state index contributed by atoms with van der Waals surface area (Å²) in [5.74, 6) is -0.442. The molecule has 3 aromatic rings. The highest BCUT2D eigenvalue weighted by atomic mass is 16.2. The number of hydrogen-bond donors (Lipinski definition) is 2. The predicted octanol–water partition coefficient (Wildman–Crippen LogP) is 2.06. The Morgan fingerprint density at radius 3 is 2.39 bits per heavy atom. The number of nitrogens with two attached hydrogens (primary N) is 1. The number of nitrogens with one attached hydrogen (secondary N) is 1. The molecule has 144 valence electrons. The molecule has 1 amide bonds. The summed E-state index contributed by atoms with van der Waals surface area (Å²) in [6, 6.07) is 14.6. The second kappa shape index (κ2) is 7.56. The van der Waals surface area contributed by atoms with E-state index in [-0.39, 0.29) is 24.0 Å². The van der Waals surface area contributed by atoms with Crippen LogP contribution < -0.4 is 21.9 Å². The minimum absolute atomic E-state index is 0.0567. The first-order valence-electron chi connectivity index (χ1n) is 8.81. The molecule has 0 aliphatic rings. The van der Waals surface area contributed by atoms with Crippen LogP contribution in [0.25, 0.3) is 0 Å². The van der Waals surface area contributed by atoms with E-state index < -0.39 is 11.2 Å². The molecule has 7 nitrogen and oxygen atoms in total. The van der Waals surface area contributed by atoms with Crippen LogP contribution in [0.4, 0.5) is 11.5 Å². The second-order valence-corrected chi connectivity index (χ2v) is 6.73. The van der Waals surface area contributed by atoms with Crippen molar-refractivity contribution in [2.24, 2.45) is 0 Å². The van der Waals surface area contributed by atoms with Crippen molar-refractivity contribution in [3.05, 3.63) is 91.6 Å². The molecular weight excluding hydrogens is 356 g/mol. The maximum absolute atomic E-state index is 12.9. The number of benzene rings is 2. The van der Waals surface area contributed by atoms with Gasteiger partial charge in [0.25, 0.3) is 11.5 Å². The van der Waals surface area contributed by atoms with Crippen LogP contribution in [0.2, 0.25) is 0 Å².